The Bertz CT molecular complexity index is 336. The highest BCUT2D eigenvalue weighted by atomic mass is 79.9. The predicted molar refractivity (Wildman–Crippen MR) is 65.4 cm³/mol. The maximum atomic E-state index is 5.20. The first-order valence-corrected chi connectivity index (χ1v) is 6.12. The molecular formula is C12H16BrNO. The summed E-state index contributed by atoms with van der Waals surface area (Å²) >= 11 is 3.51. The molecule has 0 radical (unpaired) electrons. The number of hydrogen-bond acceptors (Lipinski definition) is 2. The van der Waals surface area contributed by atoms with Gasteiger partial charge in [0.1, 0.15) is 5.75 Å². The van der Waals surface area contributed by atoms with Crippen molar-refractivity contribution >= 4 is 15.9 Å². The Morgan fingerprint density at radius 1 is 1.47 bits per heavy atom. The van der Waals surface area contributed by atoms with E-state index in [1.165, 1.54) is 25.1 Å². The summed E-state index contributed by atoms with van der Waals surface area (Å²) in [5.41, 5.74) is 1.38. The quantitative estimate of drug-likeness (QED) is 0.908. The molecule has 0 atom stereocenters. The SMILES string of the molecule is COc1ccc(CCC2CNC2)cc1Br. The Kier molecular flexibility index (Phi) is 3.65. The van der Waals surface area contributed by atoms with Crippen molar-refractivity contribution in [2.45, 2.75) is 12.8 Å². The third-order valence-corrected chi connectivity index (χ3v) is 3.54. The molecule has 1 aliphatic rings. The molecule has 3 heteroatoms. The van der Waals surface area contributed by atoms with Crippen LogP contribution in [-0.2, 0) is 6.42 Å². The Labute approximate surface area is 99.1 Å². The molecule has 0 amide bonds. The highest BCUT2D eigenvalue weighted by molar-refractivity contribution is 9.10. The minimum atomic E-state index is 0.880. The summed E-state index contributed by atoms with van der Waals surface area (Å²) in [4.78, 5) is 0. The third-order valence-electron chi connectivity index (χ3n) is 2.92. The summed E-state index contributed by atoms with van der Waals surface area (Å²) in [6, 6.07) is 6.33. The number of benzene rings is 1. The highest BCUT2D eigenvalue weighted by Crippen LogP contribution is 2.26. The molecule has 0 spiro atoms. The number of rotatable bonds is 4. The minimum absolute atomic E-state index is 0.880. The highest BCUT2D eigenvalue weighted by Gasteiger charge is 2.16. The van der Waals surface area contributed by atoms with E-state index < -0.39 is 0 Å². The van der Waals surface area contributed by atoms with Gasteiger partial charge in [-0.2, -0.15) is 0 Å². The molecule has 1 aromatic carbocycles. The van der Waals surface area contributed by atoms with E-state index in [2.05, 4.69) is 33.4 Å². The summed E-state index contributed by atoms with van der Waals surface area (Å²) in [6.07, 6.45) is 2.45. The van der Waals surface area contributed by atoms with E-state index in [0.29, 0.717) is 0 Å². The van der Waals surface area contributed by atoms with Gasteiger partial charge >= 0.3 is 0 Å². The first-order chi connectivity index (χ1) is 7.29. The molecule has 1 aliphatic heterocycles. The fourth-order valence-corrected chi connectivity index (χ4v) is 2.38. The second kappa shape index (κ2) is 4.99. The fraction of sp³-hybridized carbons (Fsp3) is 0.500. The van der Waals surface area contributed by atoms with E-state index >= 15 is 0 Å². The zero-order valence-corrected chi connectivity index (χ0v) is 10.5. The molecule has 2 rings (SSSR count). The minimum Gasteiger partial charge on any atom is -0.496 e. The van der Waals surface area contributed by atoms with Gasteiger partial charge in [0.05, 0.1) is 11.6 Å². The zero-order chi connectivity index (χ0) is 10.7. The Hall–Kier alpha value is -0.540. The average molecular weight is 270 g/mol. The van der Waals surface area contributed by atoms with Gasteiger partial charge in [0.2, 0.25) is 0 Å². The second-order valence-corrected chi connectivity index (χ2v) is 4.89. The number of aryl methyl sites for hydroxylation is 1. The van der Waals surface area contributed by atoms with E-state index in [-0.39, 0.29) is 0 Å². The van der Waals surface area contributed by atoms with Gasteiger partial charge in [0.25, 0.3) is 0 Å². The second-order valence-electron chi connectivity index (χ2n) is 4.03. The van der Waals surface area contributed by atoms with Crippen molar-refractivity contribution in [3.63, 3.8) is 0 Å². The Morgan fingerprint density at radius 2 is 2.27 bits per heavy atom. The topological polar surface area (TPSA) is 21.3 Å². The lowest BCUT2D eigenvalue weighted by Crippen LogP contribution is -2.42. The molecule has 0 bridgehead atoms. The van der Waals surface area contributed by atoms with Crippen LogP contribution in [0.3, 0.4) is 0 Å². The largest absolute Gasteiger partial charge is 0.496 e. The number of nitrogens with one attached hydrogen (secondary N) is 1. The number of halogens is 1. The predicted octanol–water partition coefficient (Wildman–Crippen LogP) is 2.61. The summed E-state index contributed by atoms with van der Waals surface area (Å²) in [5.74, 6) is 1.79. The molecule has 1 fully saturated rings. The van der Waals surface area contributed by atoms with Gasteiger partial charge in [-0.3, -0.25) is 0 Å². The van der Waals surface area contributed by atoms with Crippen LogP contribution in [0.2, 0.25) is 0 Å². The first kappa shape index (κ1) is 11.0. The van der Waals surface area contributed by atoms with Crippen LogP contribution in [0.5, 0.6) is 5.75 Å². The first-order valence-electron chi connectivity index (χ1n) is 5.32. The maximum Gasteiger partial charge on any atom is 0.133 e. The monoisotopic (exact) mass is 269 g/mol. The number of hydrogen-bond donors (Lipinski definition) is 1. The van der Waals surface area contributed by atoms with Crippen molar-refractivity contribution in [2.75, 3.05) is 20.2 Å². The standard InChI is InChI=1S/C12H16BrNO/c1-15-12-5-4-9(6-11(12)13)2-3-10-7-14-8-10/h4-6,10,14H,2-3,7-8H2,1H3. The van der Waals surface area contributed by atoms with Crippen LogP contribution in [-0.4, -0.2) is 20.2 Å². The number of ether oxygens (including phenoxy) is 1. The molecule has 1 saturated heterocycles. The third kappa shape index (κ3) is 2.73. The summed E-state index contributed by atoms with van der Waals surface area (Å²) in [6.45, 7) is 2.38. The molecule has 15 heavy (non-hydrogen) atoms. The van der Waals surface area contributed by atoms with Gasteiger partial charge in [0.15, 0.2) is 0 Å². The Balaban J connectivity index is 1.93. The van der Waals surface area contributed by atoms with Crippen molar-refractivity contribution in [1.29, 1.82) is 0 Å². The molecule has 82 valence electrons. The molecular weight excluding hydrogens is 254 g/mol. The fourth-order valence-electron chi connectivity index (χ4n) is 1.79. The van der Waals surface area contributed by atoms with E-state index in [0.717, 1.165) is 22.6 Å². The smallest absolute Gasteiger partial charge is 0.133 e. The van der Waals surface area contributed by atoms with Crippen molar-refractivity contribution in [3.05, 3.63) is 28.2 Å². The van der Waals surface area contributed by atoms with Gasteiger partial charge in [0, 0.05) is 0 Å². The van der Waals surface area contributed by atoms with Gasteiger partial charge < -0.3 is 10.1 Å². The Morgan fingerprint density at radius 3 is 2.80 bits per heavy atom. The lowest BCUT2D eigenvalue weighted by Gasteiger charge is -2.26. The van der Waals surface area contributed by atoms with Crippen LogP contribution < -0.4 is 10.1 Å². The lowest BCUT2D eigenvalue weighted by molar-refractivity contribution is 0.328. The van der Waals surface area contributed by atoms with Gasteiger partial charge in [-0.15, -0.1) is 0 Å². The number of methoxy groups -OCH3 is 1. The van der Waals surface area contributed by atoms with E-state index in [9.17, 15) is 0 Å². The van der Waals surface area contributed by atoms with Gasteiger partial charge in [-0.1, -0.05) is 6.07 Å². The lowest BCUT2D eigenvalue weighted by atomic mass is 9.95. The van der Waals surface area contributed by atoms with Crippen molar-refractivity contribution < 1.29 is 4.74 Å². The van der Waals surface area contributed by atoms with Crippen molar-refractivity contribution in [2.24, 2.45) is 5.92 Å². The van der Waals surface area contributed by atoms with E-state index in [1.54, 1.807) is 7.11 Å². The van der Waals surface area contributed by atoms with Crippen LogP contribution in [0.15, 0.2) is 22.7 Å². The van der Waals surface area contributed by atoms with Crippen LogP contribution in [0, 0.1) is 5.92 Å². The van der Waals surface area contributed by atoms with Crippen LogP contribution in [0.25, 0.3) is 0 Å². The molecule has 1 N–H and O–H groups in total. The average Bonchev–Trinajstić information content (AvgIpc) is 2.16. The summed E-state index contributed by atoms with van der Waals surface area (Å²) in [5, 5.41) is 3.30. The van der Waals surface area contributed by atoms with Gasteiger partial charge in [-0.25, -0.2) is 0 Å². The molecule has 0 aromatic heterocycles. The molecule has 1 aromatic rings. The molecule has 1 heterocycles. The summed E-state index contributed by atoms with van der Waals surface area (Å²) in [7, 11) is 1.69. The molecule has 0 aliphatic carbocycles. The van der Waals surface area contributed by atoms with Crippen LogP contribution >= 0.6 is 15.9 Å². The van der Waals surface area contributed by atoms with Crippen molar-refractivity contribution in [3.8, 4) is 5.75 Å². The van der Waals surface area contributed by atoms with Gasteiger partial charge in [-0.05, 0) is 65.5 Å². The van der Waals surface area contributed by atoms with Crippen LogP contribution in [0.1, 0.15) is 12.0 Å². The molecule has 0 saturated carbocycles. The maximum absolute atomic E-state index is 5.20. The summed E-state index contributed by atoms with van der Waals surface area (Å²) < 4.78 is 6.25. The normalized spacial score (nSPS) is 16.1. The zero-order valence-electron chi connectivity index (χ0n) is 8.92. The van der Waals surface area contributed by atoms with Crippen molar-refractivity contribution in [1.82, 2.24) is 5.32 Å². The molecule has 2 nitrogen and oxygen atoms in total. The molecule has 0 unspecified atom stereocenters. The van der Waals surface area contributed by atoms with E-state index in [4.69, 9.17) is 4.74 Å². The van der Waals surface area contributed by atoms with Crippen LogP contribution in [0.4, 0.5) is 0 Å². The van der Waals surface area contributed by atoms with E-state index in [1.807, 2.05) is 6.07 Å².